The van der Waals surface area contributed by atoms with Crippen molar-refractivity contribution in [3.8, 4) is 11.5 Å². The molecule has 1 heterocycles. The van der Waals surface area contributed by atoms with E-state index in [9.17, 15) is 9.18 Å². The topological polar surface area (TPSA) is 44.8 Å². The van der Waals surface area contributed by atoms with Crippen molar-refractivity contribution in [3.05, 3.63) is 59.4 Å². The van der Waals surface area contributed by atoms with Gasteiger partial charge in [0.1, 0.15) is 37.1 Å². The molecule has 1 aliphatic heterocycles. The van der Waals surface area contributed by atoms with E-state index in [-0.39, 0.29) is 11.8 Å². The molecule has 0 saturated carbocycles. The van der Waals surface area contributed by atoms with Gasteiger partial charge >= 0.3 is 5.97 Å². The molecule has 21 heavy (non-hydrogen) atoms. The lowest BCUT2D eigenvalue weighted by Gasteiger charge is -2.08. The van der Waals surface area contributed by atoms with Crippen LogP contribution < -0.4 is 9.47 Å². The van der Waals surface area contributed by atoms with E-state index in [0.717, 1.165) is 5.56 Å². The van der Waals surface area contributed by atoms with Crippen LogP contribution in [0.15, 0.2) is 42.5 Å². The van der Waals surface area contributed by atoms with Gasteiger partial charge in [0, 0.05) is 5.56 Å². The fourth-order valence-electron chi connectivity index (χ4n) is 2.03. The lowest BCUT2D eigenvalue weighted by Crippen LogP contribution is -2.09. The van der Waals surface area contributed by atoms with Gasteiger partial charge in [-0.25, -0.2) is 9.18 Å². The van der Waals surface area contributed by atoms with E-state index in [2.05, 4.69) is 0 Å². The van der Waals surface area contributed by atoms with Crippen LogP contribution in [0.4, 0.5) is 4.39 Å². The molecule has 0 bridgehead atoms. The highest BCUT2D eigenvalue weighted by atomic mass is 19.1. The van der Waals surface area contributed by atoms with Gasteiger partial charge in [0.15, 0.2) is 0 Å². The van der Waals surface area contributed by atoms with Crippen LogP contribution in [0, 0.1) is 5.82 Å². The molecule has 0 aromatic heterocycles. The highest BCUT2D eigenvalue weighted by Gasteiger charge is 2.21. The van der Waals surface area contributed by atoms with Crippen molar-refractivity contribution in [1.29, 1.82) is 0 Å². The van der Waals surface area contributed by atoms with Crippen LogP contribution >= 0.6 is 0 Å². The summed E-state index contributed by atoms with van der Waals surface area (Å²) in [6, 6.07) is 11.1. The maximum absolute atomic E-state index is 12.7. The van der Waals surface area contributed by atoms with Crippen molar-refractivity contribution in [3.63, 3.8) is 0 Å². The summed E-state index contributed by atoms with van der Waals surface area (Å²) in [5, 5.41) is 0. The fraction of sp³-hybridized carbons (Fsp3) is 0.188. The molecule has 0 saturated heterocycles. The Hall–Kier alpha value is -2.56. The van der Waals surface area contributed by atoms with Gasteiger partial charge < -0.3 is 14.2 Å². The highest BCUT2D eigenvalue weighted by Crippen LogP contribution is 2.24. The molecule has 1 aliphatic rings. The predicted octanol–water partition coefficient (Wildman–Crippen LogP) is 2.95. The Labute approximate surface area is 121 Å². The lowest BCUT2D eigenvalue weighted by molar-refractivity contribution is 0.0535. The van der Waals surface area contributed by atoms with Crippen LogP contribution in [0.5, 0.6) is 11.5 Å². The fourth-order valence-corrected chi connectivity index (χ4v) is 2.03. The second-order valence-electron chi connectivity index (χ2n) is 4.55. The van der Waals surface area contributed by atoms with Crippen molar-refractivity contribution >= 4 is 5.97 Å². The Morgan fingerprint density at radius 2 is 1.67 bits per heavy atom. The van der Waals surface area contributed by atoms with E-state index in [1.165, 1.54) is 12.1 Å². The first-order chi connectivity index (χ1) is 10.2. The van der Waals surface area contributed by atoms with E-state index in [1.54, 1.807) is 24.3 Å². The smallest absolute Gasteiger partial charge is 0.339 e. The summed E-state index contributed by atoms with van der Waals surface area (Å²) in [5.74, 6) is 0.550. The average Bonchev–Trinajstić information content (AvgIpc) is 2.87. The Morgan fingerprint density at radius 1 is 1.00 bits per heavy atom. The molecule has 0 radical (unpaired) electrons. The summed E-state index contributed by atoms with van der Waals surface area (Å²) in [5.41, 5.74) is 1.42. The second kappa shape index (κ2) is 5.83. The zero-order chi connectivity index (χ0) is 14.7. The average molecular weight is 288 g/mol. The van der Waals surface area contributed by atoms with Crippen molar-refractivity contribution in [2.75, 3.05) is 13.2 Å². The molecule has 0 N–H and O–H groups in total. The molecule has 0 aliphatic carbocycles. The molecule has 4 nitrogen and oxygen atoms in total. The Morgan fingerprint density at radius 3 is 2.43 bits per heavy atom. The predicted molar refractivity (Wildman–Crippen MR) is 73.0 cm³/mol. The Bertz CT molecular complexity index is 652. The van der Waals surface area contributed by atoms with Gasteiger partial charge in [-0.3, -0.25) is 0 Å². The number of fused-ring (bicyclic) bond motifs is 1. The number of benzene rings is 2. The van der Waals surface area contributed by atoms with Crippen LogP contribution in [0.25, 0.3) is 0 Å². The number of rotatable bonds is 5. The number of hydrogen-bond donors (Lipinski definition) is 0. The van der Waals surface area contributed by atoms with Gasteiger partial charge in [-0.2, -0.15) is 0 Å². The first-order valence-corrected chi connectivity index (χ1v) is 6.53. The minimum Gasteiger partial charge on any atom is -0.490 e. The molecule has 0 spiro atoms. The maximum Gasteiger partial charge on any atom is 0.339 e. The van der Waals surface area contributed by atoms with Gasteiger partial charge in [-0.15, -0.1) is 0 Å². The number of halogens is 1. The number of ether oxygens (including phenoxy) is 3. The zero-order valence-corrected chi connectivity index (χ0v) is 11.2. The van der Waals surface area contributed by atoms with E-state index in [0.29, 0.717) is 36.9 Å². The van der Waals surface area contributed by atoms with Crippen LogP contribution in [-0.2, 0) is 11.3 Å². The lowest BCUT2D eigenvalue weighted by atomic mass is 10.1. The van der Waals surface area contributed by atoms with Crippen molar-refractivity contribution in [2.24, 2.45) is 0 Å². The monoisotopic (exact) mass is 288 g/mol. The Kier molecular flexibility index (Phi) is 3.73. The van der Waals surface area contributed by atoms with E-state index < -0.39 is 0 Å². The van der Waals surface area contributed by atoms with Gasteiger partial charge in [0.2, 0.25) is 0 Å². The SMILES string of the molecule is O=C1OCc2ccc(OCCOc3ccc(F)cc3)cc21. The summed E-state index contributed by atoms with van der Waals surface area (Å²) in [6.45, 7) is 0.973. The van der Waals surface area contributed by atoms with Crippen LogP contribution in [0.3, 0.4) is 0 Å². The summed E-state index contributed by atoms with van der Waals surface area (Å²) in [7, 11) is 0. The van der Waals surface area contributed by atoms with Gasteiger partial charge in [-0.1, -0.05) is 6.07 Å². The zero-order valence-electron chi connectivity index (χ0n) is 11.2. The van der Waals surface area contributed by atoms with E-state index in [4.69, 9.17) is 14.2 Å². The number of carbonyl (C=O) groups excluding carboxylic acids is 1. The maximum atomic E-state index is 12.7. The second-order valence-corrected chi connectivity index (χ2v) is 4.55. The van der Waals surface area contributed by atoms with Crippen molar-refractivity contribution in [1.82, 2.24) is 0 Å². The third-order valence-corrected chi connectivity index (χ3v) is 3.09. The largest absolute Gasteiger partial charge is 0.490 e. The first-order valence-electron chi connectivity index (χ1n) is 6.53. The summed E-state index contributed by atoms with van der Waals surface area (Å²) < 4.78 is 28.6. The van der Waals surface area contributed by atoms with Crippen LogP contribution in [-0.4, -0.2) is 19.2 Å². The molecule has 0 unspecified atom stereocenters. The van der Waals surface area contributed by atoms with Crippen LogP contribution in [0.1, 0.15) is 15.9 Å². The van der Waals surface area contributed by atoms with Crippen LogP contribution in [0.2, 0.25) is 0 Å². The number of cyclic esters (lactones) is 1. The third-order valence-electron chi connectivity index (χ3n) is 3.09. The minimum atomic E-state index is -0.321. The number of esters is 1. The standard InChI is InChI=1S/C16H13FO4/c17-12-2-5-13(6-3-12)19-7-8-20-14-4-1-11-10-21-16(18)15(11)9-14/h1-6,9H,7-8,10H2. The molecule has 108 valence electrons. The quantitative estimate of drug-likeness (QED) is 0.627. The summed E-state index contributed by atoms with van der Waals surface area (Å²) >= 11 is 0. The Balaban J connectivity index is 1.51. The molecular weight excluding hydrogens is 275 g/mol. The highest BCUT2D eigenvalue weighted by molar-refractivity contribution is 5.93. The van der Waals surface area contributed by atoms with E-state index in [1.807, 2.05) is 6.07 Å². The molecule has 0 fully saturated rings. The van der Waals surface area contributed by atoms with Crippen molar-refractivity contribution < 1.29 is 23.4 Å². The molecule has 0 amide bonds. The molecule has 2 aromatic rings. The van der Waals surface area contributed by atoms with Crippen molar-refractivity contribution in [2.45, 2.75) is 6.61 Å². The number of hydrogen-bond acceptors (Lipinski definition) is 4. The molecule has 0 atom stereocenters. The normalized spacial score (nSPS) is 12.7. The van der Waals surface area contributed by atoms with E-state index >= 15 is 0 Å². The van der Waals surface area contributed by atoms with Gasteiger partial charge in [0.05, 0.1) is 5.56 Å². The molecular formula is C16H13FO4. The summed E-state index contributed by atoms with van der Waals surface area (Å²) in [4.78, 5) is 11.4. The molecule has 2 aromatic carbocycles. The summed E-state index contributed by atoms with van der Waals surface area (Å²) in [6.07, 6.45) is 0. The number of carbonyl (C=O) groups is 1. The first kappa shape index (κ1) is 13.4. The molecule has 5 heteroatoms. The van der Waals surface area contributed by atoms with Gasteiger partial charge in [-0.05, 0) is 36.4 Å². The van der Waals surface area contributed by atoms with Gasteiger partial charge in [0.25, 0.3) is 0 Å². The third kappa shape index (κ3) is 3.13. The molecule has 3 rings (SSSR count). The minimum absolute atomic E-state index is 0.302.